The van der Waals surface area contributed by atoms with Gasteiger partial charge in [-0.05, 0) is 48.0 Å². The molecule has 0 spiro atoms. The van der Waals surface area contributed by atoms with Crippen LogP contribution in [0.2, 0.25) is 10.0 Å². The van der Waals surface area contributed by atoms with Crippen LogP contribution in [-0.2, 0) is 16.6 Å². The van der Waals surface area contributed by atoms with E-state index in [9.17, 15) is 13.2 Å². The van der Waals surface area contributed by atoms with Crippen molar-refractivity contribution in [1.29, 1.82) is 0 Å². The van der Waals surface area contributed by atoms with E-state index >= 15 is 0 Å². The predicted molar refractivity (Wildman–Crippen MR) is 144 cm³/mol. The Kier molecular flexibility index (Phi) is 7.45. The molecule has 8 heteroatoms. The average Bonchev–Trinajstić information content (AvgIpc) is 2.84. The van der Waals surface area contributed by atoms with Crippen molar-refractivity contribution in [2.24, 2.45) is 0 Å². The first-order chi connectivity index (χ1) is 16.7. The molecule has 0 atom stereocenters. The SMILES string of the molecule is CS(=O)(=O)N(Cc1c(Cl)cccc1Cl)c1ccc(C(=O)Nc2ccccc2-c2ccccc2)cc1. The standard InChI is InChI=1S/C27H22Cl2N2O3S/c1-35(33,34)31(18-23-24(28)11-7-12-25(23)29)21-16-14-20(15-17-21)27(32)30-26-13-6-5-10-22(26)19-8-3-2-4-9-19/h2-17H,18H2,1H3,(H,30,32). The molecular weight excluding hydrogens is 503 g/mol. The number of carbonyl (C=O) groups excluding carboxylic acids is 1. The van der Waals surface area contributed by atoms with E-state index < -0.39 is 10.0 Å². The molecule has 0 aliphatic rings. The Balaban J connectivity index is 1.58. The fourth-order valence-corrected chi connectivity index (χ4v) is 5.05. The molecule has 0 radical (unpaired) electrons. The molecule has 0 heterocycles. The number of anilines is 2. The van der Waals surface area contributed by atoms with Crippen LogP contribution in [0, 0.1) is 0 Å². The maximum atomic E-state index is 13.0. The van der Waals surface area contributed by atoms with Crippen LogP contribution in [0.4, 0.5) is 11.4 Å². The van der Waals surface area contributed by atoms with Gasteiger partial charge in [-0.1, -0.05) is 77.8 Å². The Hall–Kier alpha value is -3.32. The quantitative estimate of drug-likeness (QED) is 0.286. The van der Waals surface area contributed by atoms with Crippen molar-refractivity contribution in [1.82, 2.24) is 0 Å². The first-order valence-electron chi connectivity index (χ1n) is 10.7. The monoisotopic (exact) mass is 524 g/mol. The lowest BCUT2D eigenvalue weighted by atomic mass is 10.0. The number of sulfonamides is 1. The molecule has 0 unspecified atom stereocenters. The van der Waals surface area contributed by atoms with E-state index in [0.29, 0.717) is 32.5 Å². The number of amides is 1. The summed E-state index contributed by atoms with van der Waals surface area (Å²) in [6.45, 7) is -0.0344. The first kappa shape index (κ1) is 24.8. The minimum Gasteiger partial charge on any atom is -0.321 e. The van der Waals surface area contributed by atoms with Gasteiger partial charge in [0.2, 0.25) is 10.0 Å². The van der Waals surface area contributed by atoms with E-state index in [0.717, 1.165) is 17.4 Å². The summed E-state index contributed by atoms with van der Waals surface area (Å²) in [5.74, 6) is -0.306. The number of hydrogen-bond donors (Lipinski definition) is 1. The summed E-state index contributed by atoms with van der Waals surface area (Å²) in [4.78, 5) is 13.0. The molecule has 5 nitrogen and oxygen atoms in total. The lowest BCUT2D eigenvalue weighted by molar-refractivity contribution is 0.102. The van der Waals surface area contributed by atoms with Gasteiger partial charge in [0, 0.05) is 32.4 Å². The van der Waals surface area contributed by atoms with Crippen LogP contribution in [0.25, 0.3) is 11.1 Å². The summed E-state index contributed by atoms with van der Waals surface area (Å²) in [5, 5.41) is 3.70. The van der Waals surface area contributed by atoms with Crippen LogP contribution in [0.1, 0.15) is 15.9 Å². The molecule has 0 aliphatic heterocycles. The van der Waals surface area contributed by atoms with Crippen LogP contribution < -0.4 is 9.62 Å². The maximum absolute atomic E-state index is 13.0. The summed E-state index contributed by atoms with van der Waals surface area (Å²) < 4.78 is 26.3. The largest absolute Gasteiger partial charge is 0.321 e. The van der Waals surface area contributed by atoms with Crippen molar-refractivity contribution in [2.45, 2.75) is 6.54 Å². The van der Waals surface area contributed by atoms with Crippen molar-refractivity contribution in [3.63, 3.8) is 0 Å². The highest BCUT2D eigenvalue weighted by molar-refractivity contribution is 7.92. The smallest absolute Gasteiger partial charge is 0.255 e. The molecule has 0 aromatic heterocycles. The minimum atomic E-state index is -3.65. The summed E-state index contributed by atoms with van der Waals surface area (Å²) in [6, 6.07) is 28.7. The molecule has 4 aromatic rings. The normalized spacial score (nSPS) is 11.2. The second-order valence-electron chi connectivity index (χ2n) is 7.88. The summed E-state index contributed by atoms with van der Waals surface area (Å²) >= 11 is 12.5. The number of para-hydroxylation sites is 1. The highest BCUT2D eigenvalue weighted by Gasteiger charge is 2.21. The summed E-state index contributed by atoms with van der Waals surface area (Å²) in [6.07, 6.45) is 1.11. The maximum Gasteiger partial charge on any atom is 0.255 e. The zero-order chi connectivity index (χ0) is 25.0. The number of hydrogen-bond acceptors (Lipinski definition) is 3. The van der Waals surface area contributed by atoms with E-state index in [1.807, 2.05) is 54.6 Å². The van der Waals surface area contributed by atoms with E-state index in [-0.39, 0.29) is 12.5 Å². The third-order valence-electron chi connectivity index (χ3n) is 5.44. The number of halogens is 2. The number of benzene rings is 4. The van der Waals surface area contributed by atoms with Gasteiger partial charge < -0.3 is 5.32 Å². The molecule has 1 N–H and O–H groups in total. The second-order valence-corrected chi connectivity index (χ2v) is 10.6. The molecule has 0 fully saturated rings. The van der Waals surface area contributed by atoms with Gasteiger partial charge in [0.1, 0.15) is 0 Å². The number of nitrogens with one attached hydrogen (secondary N) is 1. The van der Waals surface area contributed by atoms with Crippen molar-refractivity contribution in [3.8, 4) is 11.1 Å². The van der Waals surface area contributed by atoms with Gasteiger partial charge in [-0.25, -0.2) is 8.42 Å². The molecule has 35 heavy (non-hydrogen) atoms. The topological polar surface area (TPSA) is 66.5 Å². The summed E-state index contributed by atoms with van der Waals surface area (Å²) in [7, 11) is -3.65. The molecule has 0 aliphatic carbocycles. The molecule has 4 rings (SSSR count). The van der Waals surface area contributed by atoms with E-state index in [1.165, 1.54) is 4.31 Å². The molecule has 178 valence electrons. The molecule has 0 saturated heterocycles. The Morgan fingerprint density at radius 3 is 2.03 bits per heavy atom. The highest BCUT2D eigenvalue weighted by atomic mass is 35.5. The predicted octanol–water partition coefficient (Wildman–Crippen LogP) is 6.88. The Bertz CT molecular complexity index is 1440. The van der Waals surface area contributed by atoms with Crippen LogP contribution in [0.5, 0.6) is 0 Å². The third kappa shape index (κ3) is 5.85. The van der Waals surface area contributed by atoms with Crippen LogP contribution in [-0.4, -0.2) is 20.6 Å². The van der Waals surface area contributed by atoms with Crippen molar-refractivity contribution in [2.75, 3.05) is 15.9 Å². The lowest BCUT2D eigenvalue weighted by Gasteiger charge is -2.24. The van der Waals surface area contributed by atoms with Crippen molar-refractivity contribution < 1.29 is 13.2 Å². The molecule has 0 bridgehead atoms. The van der Waals surface area contributed by atoms with Gasteiger partial charge >= 0.3 is 0 Å². The van der Waals surface area contributed by atoms with Gasteiger partial charge in [-0.3, -0.25) is 9.10 Å². The molecule has 1 amide bonds. The van der Waals surface area contributed by atoms with Gasteiger partial charge in [-0.15, -0.1) is 0 Å². The molecular formula is C27H22Cl2N2O3S. The van der Waals surface area contributed by atoms with Gasteiger partial charge in [0.15, 0.2) is 0 Å². The molecule has 4 aromatic carbocycles. The first-order valence-corrected chi connectivity index (χ1v) is 13.3. The number of carbonyl (C=O) groups is 1. The zero-order valence-electron chi connectivity index (χ0n) is 18.8. The van der Waals surface area contributed by atoms with E-state index in [4.69, 9.17) is 23.2 Å². The fourth-order valence-electron chi connectivity index (χ4n) is 3.66. The fraction of sp³-hybridized carbons (Fsp3) is 0.0741. The highest BCUT2D eigenvalue weighted by Crippen LogP contribution is 2.30. The average molecular weight is 525 g/mol. The van der Waals surface area contributed by atoms with Gasteiger partial charge in [0.25, 0.3) is 5.91 Å². The van der Waals surface area contributed by atoms with Crippen LogP contribution in [0.3, 0.4) is 0 Å². The minimum absolute atomic E-state index is 0.0344. The Morgan fingerprint density at radius 1 is 0.800 bits per heavy atom. The summed E-state index contributed by atoms with van der Waals surface area (Å²) in [5.41, 5.74) is 3.85. The second kappa shape index (κ2) is 10.5. The van der Waals surface area contributed by atoms with Gasteiger partial charge in [0.05, 0.1) is 18.5 Å². The van der Waals surface area contributed by atoms with Crippen molar-refractivity contribution in [3.05, 3.63) is 118 Å². The van der Waals surface area contributed by atoms with Crippen LogP contribution in [0.15, 0.2) is 97.1 Å². The number of nitrogens with zero attached hydrogens (tertiary/aromatic N) is 1. The van der Waals surface area contributed by atoms with E-state index in [1.54, 1.807) is 42.5 Å². The van der Waals surface area contributed by atoms with Crippen molar-refractivity contribution >= 4 is 50.5 Å². The third-order valence-corrected chi connectivity index (χ3v) is 7.29. The molecule has 0 saturated carbocycles. The number of rotatable bonds is 7. The lowest BCUT2D eigenvalue weighted by Crippen LogP contribution is -2.29. The van der Waals surface area contributed by atoms with Gasteiger partial charge in [-0.2, -0.15) is 0 Å². The Labute approximate surface area is 215 Å². The van der Waals surface area contributed by atoms with Crippen LogP contribution >= 0.6 is 23.2 Å². The Morgan fingerprint density at radius 2 is 1.40 bits per heavy atom. The zero-order valence-corrected chi connectivity index (χ0v) is 21.1. The van der Waals surface area contributed by atoms with E-state index in [2.05, 4.69) is 5.32 Å².